The van der Waals surface area contributed by atoms with Crippen LogP contribution in [0.2, 0.25) is 0 Å². The summed E-state index contributed by atoms with van der Waals surface area (Å²) < 4.78 is 7.42. The zero-order chi connectivity index (χ0) is 22.0. The Morgan fingerprint density at radius 3 is 2.71 bits per heavy atom. The van der Waals surface area contributed by atoms with Gasteiger partial charge in [0.05, 0.1) is 24.1 Å². The number of carbonyl (C=O) groups excluding carboxylic acids is 1. The Labute approximate surface area is 185 Å². The third-order valence-electron chi connectivity index (χ3n) is 5.26. The van der Waals surface area contributed by atoms with Crippen LogP contribution >= 0.6 is 11.3 Å². The van der Waals surface area contributed by atoms with Crippen LogP contribution in [0.1, 0.15) is 27.2 Å². The first-order chi connectivity index (χ1) is 15.0. The predicted molar refractivity (Wildman–Crippen MR) is 125 cm³/mol. The van der Waals surface area contributed by atoms with E-state index in [1.165, 1.54) is 11.3 Å². The fraction of sp³-hybridized carbons (Fsp3) is 0.167. The third-order valence-corrected chi connectivity index (χ3v) is 6.02. The molecule has 0 fully saturated rings. The number of nitrogens with two attached hydrogens (primary N) is 1. The molecule has 2 aromatic carbocycles. The van der Waals surface area contributed by atoms with Gasteiger partial charge in [-0.05, 0) is 49.2 Å². The quantitative estimate of drug-likeness (QED) is 0.424. The van der Waals surface area contributed by atoms with Crippen LogP contribution in [0.4, 0.5) is 10.8 Å². The van der Waals surface area contributed by atoms with Gasteiger partial charge in [-0.2, -0.15) is 0 Å². The van der Waals surface area contributed by atoms with Gasteiger partial charge in [0.2, 0.25) is 0 Å². The summed E-state index contributed by atoms with van der Waals surface area (Å²) in [5.41, 5.74) is 11.8. The molecule has 0 saturated heterocycles. The molecule has 4 rings (SSSR count). The van der Waals surface area contributed by atoms with Crippen molar-refractivity contribution in [2.75, 3.05) is 12.4 Å². The fourth-order valence-electron chi connectivity index (χ4n) is 3.54. The smallest absolute Gasteiger partial charge is 0.250 e. The standard InChI is InChI=1S/C24H24N4O2S/c1-15-7-4-5-10-20(15)26-24-27-21(14-31-24)22-12-19(23(25)29)16(2)28(22)13-17-8-6-9-18(11-17)30-3/h4-12,14H,13H2,1-3H3,(H2,25,29)(H,26,27). The zero-order valence-electron chi connectivity index (χ0n) is 17.7. The van der Waals surface area contributed by atoms with Gasteiger partial charge in [-0.1, -0.05) is 30.3 Å². The Morgan fingerprint density at radius 2 is 1.97 bits per heavy atom. The number of amides is 1. The Balaban J connectivity index is 1.71. The molecule has 2 heterocycles. The molecule has 1 amide bonds. The molecule has 0 saturated carbocycles. The molecule has 0 aliphatic heterocycles. The molecule has 0 radical (unpaired) electrons. The normalized spacial score (nSPS) is 10.8. The van der Waals surface area contributed by atoms with Gasteiger partial charge in [-0.3, -0.25) is 4.79 Å². The summed E-state index contributed by atoms with van der Waals surface area (Å²) in [6.45, 7) is 4.53. The van der Waals surface area contributed by atoms with E-state index < -0.39 is 5.91 Å². The highest BCUT2D eigenvalue weighted by atomic mass is 32.1. The summed E-state index contributed by atoms with van der Waals surface area (Å²) in [6.07, 6.45) is 0. The van der Waals surface area contributed by atoms with E-state index >= 15 is 0 Å². The minimum Gasteiger partial charge on any atom is -0.497 e. The monoisotopic (exact) mass is 432 g/mol. The van der Waals surface area contributed by atoms with Crippen molar-refractivity contribution in [3.8, 4) is 17.1 Å². The van der Waals surface area contributed by atoms with E-state index in [0.717, 1.165) is 44.8 Å². The second-order valence-electron chi connectivity index (χ2n) is 7.31. The lowest BCUT2D eigenvalue weighted by Gasteiger charge is -2.12. The average molecular weight is 433 g/mol. The predicted octanol–water partition coefficient (Wildman–Crippen LogP) is 5.13. The molecule has 7 heteroatoms. The number of aryl methyl sites for hydroxylation is 1. The van der Waals surface area contributed by atoms with Crippen molar-refractivity contribution in [3.63, 3.8) is 0 Å². The molecule has 0 bridgehead atoms. The number of benzene rings is 2. The van der Waals surface area contributed by atoms with Crippen molar-refractivity contribution in [1.29, 1.82) is 0 Å². The molecule has 0 unspecified atom stereocenters. The van der Waals surface area contributed by atoms with Crippen LogP contribution < -0.4 is 15.8 Å². The van der Waals surface area contributed by atoms with Gasteiger partial charge in [0.25, 0.3) is 5.91 Å². The van der Waals surface area contributed by atoms with Crippen LogP contribution in [0.3, 0.4) is 0 Å². The van der Waals surface area contributed by atoms with Crippen LogP contribution in [0.15, 0.2) is 60.0 Å². The molecular formula is C24H24N4O2S. The van der Waals surface area contributed by atoms with E-state index in [0.29, 0.717) is 12.1 Å². The van der Waals surface area contributed by atoms with E-state index in [9.17, 15) is 4.79 Å². The van der Waals surface area contributed by atoms with Crippen LogP contribution in [0, 0.1) is 13.8 Å². The largest absolute Gasteiger partial charge is 0.497 e. The highest BCUT2D eigenvalue weighted by Crippen LogP contribution is 2.31. The SMILES string of the molecule is COc1cccc(Cn2c(-c3csc(Nc4ccccc4C)n3)cc(C(N)=O)c2C)c1. The number of hydrogen-bond donors (Lipinski definition) is 2. The number of anilines is 2. The molecular weight excluding hydrogens is 408 g/mol. The number of nitrogens with one attached hydrogen (secondary N) is 1. The summed E-state index contributed by atoms with van der Waals surface area (Å²) in [6, 6.07) is 17.8. The highest BCUT2D eigenvalue weighted by Gasteiger charge is 2.19. The molecule has 4 aromatic rings. The molecule has 0 aliphatic rings. The molecule has 31 heavy (non-hydrogen) atoms. The van der Waals surface area contributed by atoms with Gasteiger partial charge in [0.1, 0.15) is 5.75 Å². The Bertz CT molecular complexity index is 1240. The summed E-state index contributed by atoms with van der Waals surface area (Å²) in [4.78, 5) is 16.8. The minimum absolute atomic E-state index is 0.448. The maximum Gasteiger partial charge on any atom is 0.250 e. The summed E-state index contributed by atoms with van der Waals surface area (Å²) in [7, 11) is 1.65. The molecule has 0 spiro atoms. The van der Waals surface area contributed by atoms with Crippen molar-refractivity contribution in [1.82, 2.24) is 9.55 Å². The fourth-order valence-corrected chi connectivity index (χ4v) is 4.26. The second kappa shape index (κ2) is 8.65. The first kappa shape index (κ1) is 20.7. The number of methoxy groups -OCH3 is 1. The summed E-state index contributed by atoms with van der Waals surface area (Å²) in [5, 5.41) is 6.16. The molecule has 158 valence electrons. The number of carbonyl (C=O) groups is 1. The minimum atomic E-state index is -0.448. The van der Waals surface area contributed by atoms with Gasteiger partial charge in [-0.25, -0.2) is 4.98 Å². The average Bonchev–Trinajstić information content (AvgIpc) is 3.35. The lowest BCUT2D eigenvalue weighted by molar-refractivity contribution is 0.0999. The van der Waals surface area contributed by atoms with Crippen LogP contribution in [0.5, 0.6) is 5.75 Å². The maximum atomic E-state index is 12.0. The Morgan fingerprint density at radius 1 is 1.16 bits per heavy atom. The third kappa shape index (κ3) is 4.32. The topological polar surface area (TPSA) is 82.2 Å². The van der Waals surface area contributed by atoms with Crippen molar-refractivity contribution in [2.45, 2.75) is 20.4 Å². The number of para-hydroxylation sites is 1. The number of rotatable bonds is 7. The van der Waals surface area contributed by atoms with Crippen molar-refractivity contribution in [2.24, 2.45) is 5.73 Å². The van der Waals surface area contributed by atoms with E-state index in [-0.39, 0.29) is 0 Å². The van der Waals surface area contributed by atoms with E-state index in [2.05, 4.69) is 22.9 Å². The summed E-state index contributed by atoms with van der Waals surface area (Å²) >= 11 is 1.52. The highest BCUT2D eigenvalue weighted by molar-refractivity contribution is 7.14. The Hall–Kier alpha value is -3.58. The maximum absolute atomic E-state index is 12.0. The molecule has 0 atom stereocenters. The number of primary amides is 1. The number of hydrogen-bond acceptors (Lipinski definition) is 5. The van der Waals surface area contributed by atoms with Crippen molar-refractivity contribution >= 4 is 28.1 Å². The van der Waals surface area contributed by atoms with Crippen LogP contribution in [-0.4, -0.2) is 22.6 Å². The van der Waals surface area contributed by atoms with E-state index in [1.807, 2.05) is 60.8 Å². The van der Waals surface area contributed by atoms with Gasteiger partial charge < -0.3 is 20.4 Å². The Kier molecular flexibility index (Phi) is 5.77. The number of thiazole rings is 1. The number of nitrogens with zero attached hydrogens (tertiary/aromatic N) is 2. The van der Waals surface area contributed by atoms with Gasteiger partial charge >= 0.3 is 0 Å². The van der Waals surface area contributed by atoms with Gasteiger partial charge in [0, 0.05) is 23.3 Å². The summed E-state index contributed by atoms with van der Waals surface area (Å²) in [5.74, 6) is 0.342. The number of aromatic nitrogens is 2. The van der Waals surface area contributed by atoms with Crippen LogP contribution in [-0.2, 0) is 6.54 Å². The number of ether oxygens (including phenoxy) is 1. The first-order valence-corrected chi connectivity index (χ1v) is 10.8. The zero-order valence-corrected chi connectivity index (χ0v) is 18.5. The second-order valence-corrected chi connectivity index (χ2v) is 8.17. The first-order valence-electron chi connectivity index (χ1n) is 9.87. The van der Waals surface area contributed by atoms with Gasteiger partial charge in [0.15, 0.2) is 5.13 Å². The molecule has 6 nitrogen and oxygen atoms in total. The molecule has 2 aromatic heterocycles. The molecule has 3 N–H and O–H groups in total. The van der Waals surface area contributed by atoms with Crippen molar-refractivity contribution < 1.29 is 9.53 Å². The lowest BCUT2D eigenvalue weighted by atomic mass is 10.2. The van der Waals surface area contributed by atoms with E-state index in [4.69, 9.17) is 15.5 Å². The van der Waals surface area contributed by atoms with E-state index in [1.54, 1.807) is 7.11 Å². The van der Waals surface area contributed by atoms with Crippen molar-refractivity contribution in [3.05, 3.63) is 82.4 Å². The lowest BCUT2D eigenvalue weighted by Crippen LogP contribution is -2.12. The van der Waals surface area contributed by atoms with Gasteiger partial charge in [-0.15, -0.1) is 11.3 Å². The molecule has 0 aliphatic carbocycles. The van der Waals surface area contributed by atoms with Crippen LogP contribution in [0.25, 0.3) is 11.4 Å².